The maximum Gasteiger partial charge on any atom is 0.213 e. The highest BCUT2D eigenvalue weighted by atomic mass is 16.5. The Morgan fingerprint density at radius 1 is 0.960 bits per heavy atom. The third-order valence-electron chi connectivity index (χ3n) is 4.64. The summed E-state index contributed by atoms with van der Waals surface area (Å²) in [7, 11) is 0. The van der Waals surface area contributed by atoms with Gasteiger partial charge in [-0.25, -0.2) is 0 Å². The Hall–Kier alpha value is -2.39. The van der Waals surface area contributed by atoms with Gasteiger partial charge in [0.15, 0.2) is 0 Å². The van der Waals surface area contributed by atoms with Gasteiger partial charge in [0.2, 0.25) is 5.90 Å². The van der Waals surface area contributed by atoms with E-state index in [2.05, 4.69) is 47.8 Å². The van der Waals surface area contributed by atoms with Crippen LogP contribution in [-0.2, 0) is 11.2 Å². The van der Waals surface area contributed by atoms with Crippen molar-refractivity contribution in [2.24, 2.45) is 0 Å². The van der Waals surface area contributed by atoms with Crippen LogP contribution < -0.4 is 5.32 Å². The van der Waals surface area contributed by atoms with Crippen LogP contribution >= 0.6 is 0 Å². The van der Waals surface area contributed by atoms with Gasteiger partial charge in [0, 0.05) is 5.56 Å². The van der Waals surface area contributed by atoms with Crippen LogP contribution in [0.4, 0.5) is 0 Å². The quantitative estimate of drug-likeness (QED) is 0.628. The Morgan fingerprint density at radius 3 is 2.24 bits per heavy atom. The van der Waals surface area contributed by atoms with Crippen LogP contribution in [0.2, 0.25) is 0 Å². The summed E-state index contributed by atoms with van der Waals surface area (Å²) in [5, 5.41) is 11.4. The fourth-order valence-electron chi connectivity index (χ4n) is 3.31. The zero-order chi connectivity index (χ0) is 17.5. The molecule has 1 heterocycles. The predicted molar refractivity (Wildman–Crippen MR) is 104 cm³/mol. The van der Waals surface area contributed by atoms with Crippen molar-refractivity contribution >= 4 is 11.5 Å². The number of nitrogens with one attached hydrogen (secondary N) is 2. The van der Waals surface area contributed by atoms with Gasteiger partial charge in [0.1, 0.15) is 0 Å². The maximum atomic E-state index is 7.94. The van der Waals surface area contributed by atoms with Gasteiger partial charge in [-0.3, -0.25) is 5.41 Å². The molecule has 0 bridgehead atoms. The summed E-state index contributed by atoms with van der Waals surface area (Å²) in [6.07, 6.45) is 3.18. The van der Waals surface area contributed by atoms with E-state index in [-0.39, 0.29) is 5.90 Å². The van der Waals surface area contributed by atoms with Gasteiger partial charge < -0.3 is 10.1 Å². The lowest BCUT2D eigenvalue weighted by Crippen LogP contribution is -2.24. The number of rotatable bonds is 5. The number of piperidine rings is 1. The second-order valence-electron chi connectivity index (χ2n) is 6.33. The summed E-state index contributed by atoms with van der Waals surface area (Å²) in [4.78, 5) is 0. The Morgan fingerprint density at radius 2 is 1.60 bits per heavy atom. The molecule has 0 spiro atoms. The molecule has 1 aliphatic heterocycles. The molecule has 130 valence electrons. The van der Waals surface area contributed by atoms with E-state index in [1.54, 1.807) is 5.57 Å². The van der Waals surface area contributed by atoms with Crippen molar-refractivity contribution < 1.29 is 4.74 Å². The van der Waals surface area contributed by atoms with Gasteiger partial charge in [-0.05, 0) is 68.1 Å². The van der Waals surface area contributed by atoms with Gasteiger partial charge in [-0.1, -0.05) is 48.0 Å². The molecule has 2 aromatic carbocycles. The molecule has 0 unspecified atom stereocenters. The molecule has 0 amide bonds. The lowest BCUT2D eigenvalue weighted by Gasteiger charge is -2.21. The molecule has 2 N–H and O–H groups in total. The first-order valence-electron chi connectivity index (χ1n) is 9.05. The maximum absolute atomic E-state index is 7.94. The molecule has 3 nitrogen and oxygen atoms in total. The number of hydrogen-bond acceptors (Lipinski definition) is 3. The second kappa shape index (κ2) is 8.63. The first-order valence-corrected chi connectivity index (χ1v) is 9.05. The van der Waals surface area contributed by atoms with Gasteiger partial charge in [0.25, 0.3) is 0 Å². The van der Waals surface area contributed by atoms with Crippen molar-refractivity contribution in [1.29, 1.82) is 5.41 Å². The van der Waals surface area contributed by atoms with E-state index >= 15 is 0 Å². The molecule has 1 saturated heterocycles. The predicted octanol–water partition coefficient (Wildman–Crippen LogP) is 4.43. The molecule has 0 aliphatic carbocycles. The molecule has 3 heteroatoms. The molecule has 0 radical (unpaired) electrons. The first kappa shape index (κ1) is 17.4. The van der Waals surface area contributed by atoms with Crippen LogP contribution in [0.1, 0.15) is 36.5 Å². The molecule has 2 aromatic rings. The summed E-state index contributed by atoms with van der Waals surface area (Å²) in [6.45, 7) is 4.54. The molecule has 3 rings (SSSR count). The molecular formula is C22H26N2O. The van der Waals surface area contributed by atoms with Crippen molar-refractivity contribution in [3.63, 3.8) is 0 Å². The van der Waals surface area contributed by atoms with Crippen LogP contribution in [-0.4, -0.2) is 25.6 Å². The minimum Gasteiger partial charge on any atom is -0.478 e. The Kier molecular flexibility index (Phi) is 6.02. The smallest absolute Gasteiger partial charge is 0.213 e. The normalized spacial score (nSPS) is 14.2. The third kappa shape index (κ3) is 4.58. The van der Waals surface area contributed by atoms with Crippen LogP contribution in [0.15, 0.2) is 60.2 Å². The van der Waals surface area contributed by atoms with Gasteiger partial charge >= 0.3 is 0 Å². The summed E-state index contributed by atoms with van der Waals surface area (Å²) in [6, 6.07) is 18.9. The number of benzene rings is 2. The molecule has 1 aliphatic rings. The molecule has 1 fully saturated rings. The largest absolute Gasteiger partial charge is 0.478 e. The number of allylic oxidation sites excluding steroid dienone is 1. The number of hydrogen-bond donors (Lipinski definition) is 2. The monoisotopic (exact) mass is 334 g/mol. The summed E-state index contributed by atoms with van der Waals surface area (Å²) < 4.78 is 5.30. The molecule has 25 heavy (non-hydrogen) atoms. The van der Waals surface area contributed by atoms with Gasteiger partial charge in [-0.2, -0.15) is 0 Å². The lowest BCUT2D eigenvalue weighted by atomic mass is 9.89. The van der Waals surface area contributed by atoms with Crippen LogP contribution in [0.5, 0.6) is 0 Å². The topological polar surface area (TPSA) is 45.1 Å². The molecular weight excluding hydrogens is 308 g/mol. The van der Waals surface area contributed by atoms with Crippen LogP contribution in [0.25, 0.3) is 5.57 Å². The number of ether oxygens (including phenoxy) is 1. The van der Waals surface area contributed by atoms with Crippen molar-refractivity contribution in [2.75, 3.05) is 19.7 Å². The van der Waals surface area contributed by atoms with E-state index in [1.807, 2.05) is 19.1 Å². The van der Waals surface area contributed by atoms with E-state index in [1.165, 1.54) is 16.7 Å². The zero-order valence-corrected chi connectivity index (χ0v) is 14.8. The van der Waals surface area contributed by atoms with E-state index in [0.717, 1.165) is 37.9 Å². The van der Waals surface area contributed by atoms with Crippen molar-refractivity contribution in [3.05, 3.63) is 76.9 Å². The highest BCUT2D eigenvalue weighted by molar-refractivity contribution is 5.92. The van der Waals surface area contributed by atoms with E-state index < -0.39 is 0 Å². The average molecular weight is 334 g/mol. The van der Waals surface area contributed by atoms with Crippen molar-refractivity contribution in [2.45, 2.75) is 26.2 Å². The first-order chi connectivity index (χ1) is 12.3. The minimum absolute atomic E-state index is 0.244. The van der Waals surface area contributed by atoms with E-state index in [9.17, 15) is 0 Å². The molecule has 0 atom stereocenters. The van der Waals surface area contributed by atoms with E-state index in [4.69, 9.17) is 10.1 Å². The fourth-order valence-corrected chi connectivity index (χ4v) is 3.31. The minimum atomic E-state index is 0.244. The second-order valence-corrected chi connectivity index (χ2v) is 6.33. The molecule has 0 saturated carbocycles. The van der Waals surface area contributed by atoms with Gasteiger partial charge in [-0.15, -0.1) is 0 Å². The zero-order valence-electron chi connectivity index (χ0n) is 14.8. The van der Waals surface area contributed by atoms with Crippen LogP contribution in [0, 0.1) is 5.41 Å². The SMILES string of the molecule is CCOC(=N)c1ccc(C(Cc2ccccc2)=C2CCNCC2)cc1. The van der Waals surface area contributed by atoms with Crippen molar-refractivity contribution in [1.82, 2.24) is 5.32 Å². The highest BCUT2D eigenvalue weighted by Gasteiger charge is 2.14. The highest BCUT2D eigenvalue weighted by Crippen LogP contribution is 2.28. The Balaban J connectivity index is 1.90. The Labute approximate surface area is 150 Å². The van der Waals surface area contributed by atoms with Gasteiger partial charge in [0.05, 0.1) is 6.61 Å². The molecule has 0 aromatic heterocycles. The standard InChI is InChI=1S/C22H26N2O/c1-2-25-22(23)20-10-8-18(9-11-20)21(19-12-14-24-15-13-19)16-17-6-4-3-5-7-17/h3-11,23-24H,2,12-16H2,1H3. The van der Waals surface area contributed by atoms with Crippen LogP contribution in [0.3, 0.4) is 0 Å². The fraction of sp³-hybridized carbons (Fsp3) is 0.318. The average Bonchev–Trinajstić information content (AvgIpc) is 2.68. The lowest BCUT2D eigenvalue weighted by molar-refractivity contribution is 0.325. The summed E-state index contributed by atoms with van der Waals surface area (Å²) >= 11 is 0. The summed E-state index contributed by atoms with van der Waals surface area (Å²) in [5.74, 6) is 0.244. The van der Waals surface area contributed by atoms with Crippen molar-refractivity contribution in [3.8, 4) is 0 Å². The summed E-state index contributed by atoms with van der Waals surface area (Å²) in [5.41, 5.74) is 6.42. The third-order valence-corrected chi connectivity index (χ3v) is 4.64. The van der Waals surface area contributed by atoms with E-state index in [0.29, 0.717) is 6.61 Å². The Bertz CT molecular complexity index is 724.